The maximum absolute atomic E-state index is 13.1. The molecule has 1 aliphatic heterocycles. The Bertz CT molecular complexity index is 1010. The smallest absolute Gasteiger partial charge is 0.253 e. The average Bonchev–Trinajstić information content (AvgIpc) is 3.43. The van der Waals surface area contributed by atoms with Crippen LogP contribution < -0.4 is 10.1 Å². The molecule has 0 spiro atoms. The fourth-order valence-electron chi connectivity index (χ4n) is 4.19. The highest BCUT2D eigenvalue weighted by atomic mass is 32.1. The molecule has 1 aromatic carbocycles. The summed E-state index contributed by atoms with van der Waals surface area (Å²) in [6.45, 7) is 7.82. The number of amides is 1. The van der Waals surface area contributed by atoms with E-state index < -0.39 is 0 Å². The molecule has 2 aromatic heterocycles. The molecule has 1 saturated heterocycles. The van der Waals surface area contributed by atoms with Crippen molar-refractivity contribution in [3.8, 4) is 11.4 Å². The van der Waals surface area contributed by atoms with E-state index in [1.165, 1.54) is 4.88 Å². The van der Waals surface area contributed by atoms with Crippen molar-refractivity contribution in [1.29, 1.82) is 0 Å². The second kappa shape index (κ2) is 9.68. The molecule has 0 bridgehead atoms. The zero-order chi connectivity index (χ0) is 21.8. The molecule has 3 aromatic rings. The van der Waals surface area contributed by atoms with Crippen LogP contribution in [0.1, 0.15) is 32.7 Å². The van der Waals surface area contributed by atoms with Gasteiger partial charge in [0.2, 0.25) is 0 Å². The summed E-state index contributed by atoms with van der Waals surface area (Å²) in [5, 5.41) is 5.28. The monoisotopic (exact) mass is 439 g/mol. The predicted octanol–water partition coefficient (Wildman–Crippen LogP) is 3.97. The Kier molecular flexibility index (Phi) is 6.75. The minimum absolute atomic E-state index is 0.0392. The molecule has 6 nitrogen and oxygen atoms in total. The lowest BCUT2D eigenvalue weighted by molar-refractivity contribution is 0.0169. The maximum atomic E-state index is 13.1. The van der Waals surface area contributed by atoms with Crippen LogP contribution in [0.3, 0.4) is 0 Å². The summed E-state index contributed by atoms with van der Waals surface area (Å²) < 4.78 is 12.9. The molecule has 0 unspecified atom stereocenters. The SMILES string of the molecule is COc1ccc(-n2c(C)cc(C(=O)NC[C@H](c3cccs3)N3CCOCC3)c2C)cc1. The highest BCUT2D eigenvalue weighted by molar-refractivity contribution is 7.10. The number of aromatic nitrogens is 1. The van der Waals surface area contributed by atoms with Crippen molar-refractivity contribution in [2.45, 2.75) is 19.9 Å². The molecule has 1 atom stereocenters. The van der Waals surface area contributed by atoms with Gasteiger partial charge in [0.25, 0.3) is 5.91 Å². The number of thiophene rings is 1. The van der Waals surface area contributed by atoms with E-state index in [-0.39, 0.29) is 11.9 Å². The van der Waals surface area contributed by atoms with Crippen LogP contribution in [0.5, 0.6) is 5.75 Å². The largest absolute Gasteiger partial charge is 0.497 e. The summed E-state index contributed by atoms with van der Waals surface area (Å²) in [5.74, 6) is 0.773. The number of rotatable bonds is 7. The molecule has 0 saturated carbocycles. The Hall–Kier alpha value is -2.61. The predicted molar refractivity (Wildman–Crippen MR) is 124 cm³/mol. The van der Waals surface area contributed by atoms with Gasteiger partial charge in [0, 0.05) is 41.6 Å². The van der Waals surface area contributed by atoms with Crippen molar-refractivity contribution in [3.05, 3.63) is 69.7 Å². The highest BCUT2D eigenvalue weighted by Crippen LogP contribution is 2.26. The lowest BCUT2D eigenvalue weighted by atomic mass is 10.1. The maximum Gasteiger partial charge on any atom is 0.253 e. The van der Waals surface area contributed by atoms with Gasteiger partial charge >= 0.3 is 0 Å². The van der Waals surface area contributed by atoms with E-state index in [0.29, 0.717) is 12.1 Å². The number of methoxy groups -OCH3 is 1. The van der Waals surface area contributed by atoms with Crippen molar-refractivity contribution >= 4 is 17.2 Å². The summed E-state index contributed by atoms with van der Waals surface area (Å²) >= 11 is 1.73. The van der Waals surface area contributed by atoms with Crippen molar-refractivity contribution < 1.29 is 14.3 Å². The van der Waals surface area contributed by atoms with E-state index in [2.05, 4.69) is 32.3 Å². The Balaban J connectivity index is 1.51. The van der Waals surface area contributed by atoms with Crippen LogP contribution in [0.15, 0.2) is 47.8 Å². The minimum atomic E-state index is -0.0392. The molecule has 164 valence electrons. The van der Waals surface area contributed by atoms with Crippen molar-refractivity contribution in [1.82, 2.24) is 14.8 Å². The molecule has 1 N–H and O–H groups in total. The summed E-state index contributed by atoms with van der Waals surface area (Å²) in [6, 6.07) is 14.2. The average molecular weight is 440 g/mol. The second-order valence-electron chi connectivity index (χ2n) is 7.71. The van der Waals surface area contributed by atoms with Crippen LogP contribution in [-0.2, 0) is 4.74 Å². The number of hydrogen-bond acceptors (Lipinski definition) is 5. The number of nitrogens with zero attached hydrogens (tertiary/aromatic N) is 2. The fraction of sp³-hybridized carbons (Fsp3) is 0.375. The zero-order valence-corrected chi connectivity index (χ0v) is 19.1. The lowest BCUT2D eigenvalue weighted by Gasteiger charge is -2.34. The van der Waals surface area contributed by atoms with Crippen LogP contribution in [0, 0.1) is 13.8 Å². The molecular formula is C24H29N3O3S. The third kappa shape index (κ3) is 4.69. The van der Waals surface area contributed by atoms with Gasteiger partial charge in [-0.25, -0.2) is 0 Å². The molecule has 4 rings (SSSR count). The Labute approximate surface area is 187 Å². The third-order valence-corrected chi connectivity index (χ3v) is 6.79. The van der Waals surface area contributed by atoms with E-state index in [1.807, 2.05) is 44.2 Å². The van der Waals surface area contributed by atoms with Crippen LogP contribution in [-0.4, -0.2) is 55.3 Å². The normalized spacial score (nSPS) is 15.6. The van der Waals surface area contributed by atoms with E-state index in [9.17, 15) is 4.79 Å². The topological polar surface area (TPSA) is 55.7 Å². The number of benzene rings is 1. The molecule has 1 aliphatic rings. The Morgan fingerprint density at radius 1 is 1.19 bits per heavy atom. The van der Waals surface area contributed by atoms with Gasteiger partial charge in [-0.05, 0) is 55.6 Å². The van der Waals surface area contributed by atoms with E-state index in [1.54, 1.807) is 18.4 Å². The fourth-order valence-corrected chi connectivity index (χ4v) is 5.05. The summed E-state index contributed by atoms with van der Waals surface area (Å²) in [7, 11) is 1.66. The van der Waals surface area contributed by atoms with Crippen LogP contribution in [0.2, 0.25) is 0 Å². The third-order valence-electron chi connectivity index (χ3n) is 5.82. The first kappa shape index (κ1) is 21.6. The van der Waals surface area contributed by atoms with Gasteiger partial charge < -0.3 is 19.4 Å². The molecule has 31 heavy (non-hydrogen) atoms. The summed E-state index contributed by atoms with van der Waals surface area (Å²) in [5.41, 5.74) is 3.68. The van der Waals surface area contributed by atoms with Gasteiger partial charge in [0.05, 0.1) is 31.9 Å². The number of ether oxygens (including phenoxy) is 2. The van der Waals surface area contributed by atoms with E-state index >= 15 is 0 Å². The number of carbonyl (C=O) groups is 1. The molecule has 1 amide bonds. The number of hydrogen-bond donors (Lipinski definition) is 1. The van der Waals surface area contributed by atoms with Crippen molar-refractivity contribution in [2.24, 2.45) is 0 Å². The second-order valence-corrected chi connectivity index (χ2v) is 8.69. The molecule has 0 aliphatic carbocycles. The van der Waals surface area contributed by atoms with Crippen LogP contribution in [0.4, 0.5) is 0 Å². The van der Waals surface area contributed by atoms with Gasteiger partial charge in [-0.2, -0.15) is 0 Å². The first-order valence-corrected chi connectivity index (χ1v) is 11.4. The van der Waals surface area contributed by atoms with E-state index in [4.69, 9.17) is 9.47 Å². The zero-order valence-electron chi connectivity index (χ0n) is 18.3. The lowest BCUT2D eigenvalue weighted by Crippen LogP contribution is -2.43. The standard InChI is InChI=1S/C24H29N3O3S/c1-17-15-21(18(2)27(17)19-6-8-20(29-3)9-7-19)24(28)25-16-22(23-5-4-14-31-23)26-10-12-30-13-11-26/h4-9,14-15,22H,10-13,16H2,1-3H3,(H,25,28)/t22-/m1/s1. The number of morpholine rings is 1. The molecule has 3 heterocycles. The summed E-state index contributed by atoms with van der Waals surface area (Å²) in [4.78, 5) is 16.8. The van der Waals surface area contributed by atoms with Gasteiger partial charge in [0.1, 0.15) is 5.75 Å². The Morgan fingerprint density at radius 2 is 1.94 bits per heavy atom. The van der Waals surface area contributed by atoms with Crippen LogP contribution >= 0.6 is 11.3 Å². The van der Waals surface area contributed by atoms with Gasteiger partial charge in [0.15, 0.2) is 0 Å². The number of aryl methyl sites for hydroxylation is 1. The van der Waals surface area contributed by atoms with E-state index in [0.717, 1.165) is 49.1 Å². The van der Waals surface area contributed by atoms with Gasteiger partial charge in [-0.1, -0.05) is 6.07 Å². The Morgan fingerprint density at radius 3 is 2.58 bits per heavy atom. The molecular weight excluding hydrogens is 410 g/mol. The first-order chi connectivity index (χ1) is 15.1. The highest BCUT2D eigenvalue weighted by Gasteiger charge is 2.25. The van der Waals surface area contributed by atoms with Crippen LogP contribution in [0.25, 0.3) is 5.69 Å². The van der Waals surface area contributed by atoms with Gasteiger partial charge in [-0.15, -0.1) is 11.3 Å². The molecule has 0 radical (unpaired) electrons. The minimum Gasteiger partial charge on any atom is -0.497 e. The molecule has 7 heteroatoms. The van der Waals surface area contributed by atoms with Crippen molar-refractivity contribution in [2.75, 3.05) is 40.0 Å². The molecule has 1 fully saturated rings. The quantitative estimate of drug-likeness (QED) is 0.605. The number of nitrogens with one attached hydrogen (secondary N) is 1. The summed E-state index contributed by atoms with van der Waals surface area (Å²) in [6.07, 6.45) is 0. The number of carbonyl (C=O) groups excluding carboxylic acids is 1. The first-order valence-electron chi connectivity index (χ1n) is 10.5. The van der Waals surface area contributed by atoms with Gasteiger partial charge in [-0.3, -0.25) is 9.69 Å². The van der Waals surface area contributed by atoms with Crippen molar-refractivity contribution in [3.63, 3.8) is 0 Å².